The monoisotopic (exact) mass is 336 g/mol. The summed E-state index contributed by atoms with van der Waals surface area (Å²) < 4.78 is 5.14. The van der Waals surface area contributed by atoms with Crippen molar-refractivity contribution in [3.63, 3.8) is 0 Å². The Morgan fingerprint density at radius 3 is 2.55 bits per heavy atom. The first kappa shape index (κ1) is 14.8. The summed E-state index contributed by atoms with van der Waals surface area (Å²) in [7, 11) is 0. The summed E-state index contributed by atoms with van der Waals surface area (Å²) in [6.45, 7) is 0.152. The molecule has 1 fully saturated rings. The fourth-order valence-electron chi connectivity index (χ4n) is 2.10. The lowest BCUT2D eigenvalue weighted by Gasteiger charge is -2.12. The van der Waals surface area contributed by atoms with Gasteiger partial charge in [-0.3, -0.25) is 14.6 Å². The second-order valence-corrected chi connectivity index (χ2v) is 5.47. The molecule has 2 aromatic rings. The predicted octanol–water partition coefficient (Wildman–Crippen LogP) is 3.05. The first-order valence-corrected chi connectivity index (χ1v) is 7.24. The second kappa shape index (κ2) is 5.94. The number of aliphatic imine (C=N–C) groups is 1. The van der Waals surface area contributed by atoms with Gasteiger partial charge in [-0.2, -0.15) is 0 Å². The normalized spacial score (nSPS) is 20.2. The molecule has 1 aliphatic heterocycles. The largest absolute Gasteiger partial charge is 0.467 e. The number of benzene rings is 1. The lowest BCUT2D eigenvalue weighted by molar-refractivity contribution is -0.120. The first-order chi connectivity index (χ1) is 10.6. The Morgan fingerprint density at radius 1 is 1.18 bits per heavy atom. The Hall–Kier alpha value is -2.11. The van der Waals surface area contributed by atoms with Gasteiger partial charge in [0.1, 0.15) is 11.5 Å². The van der Waals surface area contributed by atoms with Crippen molar-refractivity contribution in [1.82, 2.24) is 0 Å². The lowest BCUT2D eigenvalue weighted by Crippen LogP contribution is -2.31. The summed E-state index contributed by atoms with van der Waals surface area (Å²) in [5.41, 5.74) is 0.422. The Kier molecular flexibility index (Phi) is 4.00. The van der Waals surface area contributed by atoms with Gasteiger partial charge in [0.15, 0.2) is 5.38 Å². The van der Waals surface area contributed by atoms with Crippen molar-refractivity contribution >= 4 is 46.4 Å². The number of nitrogens with zero attached hydrogens (tertiary/aromatic N) is 2. The topological polar surface area (TPSA) is 62.9 Å². The van der Waals surface area contributed by atoms with Crippen molar-refractivity contribution in [2.24, 2.45) is 4.99 Å². The summed E-state index contributed by atoms with van der Waals surface area (Å²) >= 11 is 11.8. The molecule has 1 unspecified atom stereocenters. The van der Waals surface area contributed by atoms with E-state index in [1.807, 2.05) is 0 Å². The van der Waals surface area contributed by atoms with E-state index in [4.69, 9.17) is 27.6 Å². The molecule has 1 atom stereocenters. The number of alkyl halides is 1. The summed E-state index contributed by atoms with van der Waals surface area (Å²) in [4.78, 5) is 29.7. The van der Waals surface area contributed by atoms with Crippen molar-refractivity contribution in [3.8, 4) is 0 Å². The van der Waals surface area contributed by atoms with Crippen molar-refractivity contribution in [1.29, 1.82) is 0 Å². The fourth-order valence-corrected chi connectivity index (χ4v) is 2.49. The van der Waals surface area contributed by atoms with Gasteiger partial charge in [0.2, 0.25) is 0 Å². The van der Waals surface area contributed by atoms with Crippen LogP contribution in [0, 0.1) is 0 Å². The van der Waals surface area contributed by atoms with Crippen LogP contribution in [0.15, 0.2) is 52.1 Å². The van der Waals surface area contributed by atoms with E-state index in [0.717, 1.165) is 4.90 Å². The zero-order valence-corrected chi connectivity index (χ0v) is 12.7. The zero-order valence-electron chi connectivity index (χ0n) is 11.2. The highest BCUT2D eigenvalue weighted by atomic mass is 35.5. The fraction of sp³-hybridized carbons (Fsp3) is 0.133. The van der Waals surface area contributed by atoms with Gasteiger partial charge in [-0.05, 0) is 36.4 Å². The summed E-state index contributed by atoms with van der Waals surface area (Å²) in [5.74, 6) is -0.465. The molecule has 0 radical (unpaired) electrons. The molecule has 2 heterocycles. The van der Waals surface area contributed by atoms with Crippen molar-refractivity contribution in [2.75, 3.05) is 4.90 Å². The minimum absolute atomic E-state index is 0.0121. The van der Waals surface area contributed by atoms with Crippen LogP contribution in [0.2, 0.25) is 5.02 Å². The van der Waals surface area contributed by atoms with Gasteiger partial charge >= 0.3 is 0 Å². The smallest absolute Gasteiger partial charge is 0.281 e. The molecule has 0 aliphatic carbocycles. The van der Waals surface area contributed by atoms with Crippen LogP contribution in [-0.2, 0) is 16.1 Å². The maximum Gasteiger partial charge on any atom is 0.281 e. The second-order valence-electron chi connectivity index (χ2n) is 4.60. The molecule has 1 aromatic heterocycles. The molecular formula is C15H10Cl2N2O3. The van der Waals surface area contributed by atoms with Gasteiger partial charge in [-0.1, -0.05) is 11.6 Å². The number of hydrogen-bond acceptors (Lipinski definition) is 4. The molecule has 3 rings (SSSR count). The van der Waals surface area contributed by atoms with Crippen LogP contribution in [0.4, 0.5) is 5.69 Å². The molecule has 1 aliphatic rings. The Bertz CT molecular complexity index is 739. The highest BCUT2D eigenvalue weighted by Crippen LogP contribution is 2.26. The third-order valence-electron chi connectivity index (χ3n) is 3.17. The van der Waals surface area contributed by atoms with Gasteiger partial charge in [0, 0.05) is 5.02 Å². The lowest BCUT2D eigenvalue weighted by atomic mass is 10.3. The minimum atomic E-state index is -1.10. The van der Waals surface area contributed by atoms with E-state index in [1.54, 1.807) is 36.4 Å². The van der Waals surface area contributed by atoms with E-state index in [9.17, 15) is 9.59 Å². The van der Waals surface area contributed by atoms with E-state index in [-0.39, 0.29) is 12.3 Å². The number of amides is 2. The van der Waals surface area contributed by atoms with E-state index in [1.165, 1.54) is 6.26 Å². The number of carbonyl (C=O) groups excluding carboxylic acids is 2. The van der Waals surface area contributed by atoms with Crippen molar-refractivity contribution in [2.45, 2.75) is 11.9 Å². The van der Waals surface area contributed by atoms with Crippen molar-refractivity contribution in [3.05, 3.63) is 53.4 Å². The van der Waals surface area contributed by atoms with E-state index < -0.39 is 17.2 Å². The number of rotatable bonds is 3. The molecule has 0 N–H and O–H groups in total. The van der Waals surface area contributed by atoms with Crippen LogP contribution < -0.4 is 4.90 Å². The molecule has 1 saturated heterocycles. The molecule has 5 nitrogen and oxygen atoms in total. The predicted molar refractivity (Wildman–Crippen MR) is 83.4 cm³/mol. The van der Waals surface area contributed by atoms with Crippen LogP contribution in [0.3, 0.4) is 0 Å². The number of halogens is 2. The third-order valence-corrected chi connectivity index (χ3v) is 3.81. The number of hydrogen-bond donors (Lipinski definition) is 0. The number of carbonyl (C=O) groups is 2. The third kappa shape index (κ3) is 2.65. The van der Waals surface area contributed by atoms with Gasteiger partial charge in [0.25, 0.3) is 11.8 Å². The average molecular weight is 337 g/mol. The zero-order chi connectivity index (χ0) is 15.7. The molecular weight excluding hydrogens is 327 g/mol. The Balaban J connectivity index is 1.88. The van der Waals surface area contributed by atoms with Crippen LogP contribution in [0.25, 0.3) is 0 Å². The Morgan fingerprint density at radius 2 is 1.91 bits per heavy atom. The van der Waals surface area contributed by atoms with E-state index in [2.05, 4.69) is 4.99 Å². The van der Waals surface area contributed by atoms with Crippen LogP contribution in [-0.4, -0.2) is 22.9 Å². The standard InChI is InChI=1S/C15H10Cl2N2O3/c16-9-3-5-10(6-4-9)19-14(20)12(17)13(15(19)21)18-8-11-2-1-7-22-11/h1-7,12H,8H2. The maximum atomic E-state index is 12.4. The molecule has 7 heteroatoms. The summed E-state index contributed by atoms with van der Waals surface area (Å²) in [6.07, 6.45) is 1.51. The Labute approximate surface area is 136 Å². The minimum Gasteiger partial charge on any atom is -0.467 e. The maximum absolute atomic E-state index is 12.4. The molecule has 0 saturated carbocycles. The van der Waals surface area contributed by atoms with Gasteiger partial charge in [-0.15, -0.1) is 11.6 Å². The SMILES string of the molecule is O=C1C(=NCc2ccco2)C(Cl)C(=O)N1c1ccc(Cl)cc1. The quantitative estimate of drug-likeness (QED) is 0.639. The molecule has 22 heavy (non-hydrogen) atoms. The number of anilines is 1. The summed E-state index contributed by atoms with van der Waals surface area (Å²) in [6, 6.07) is 9.80. The average Bonchev–Trinajstić information content (AvgIpc) is 3.08. The molecule has 0 spiro atoms. The van der Waals surface area contributed by atoms with Crippen LogP contribution in [0.1, 0.15) is 5.76 Å². The van der Waals surface area contributed by atoms with E-state index >= 15 is 0 Å². The first-order valence-electron chi connectivity index (χ1n) is 6.42. The molecule has 112 valence electrons. The highest BCUT2D eigenvalue weighted by Gasteiger charge is 2.44. The number of imide groups is 1. The molecule has 1 aromatic carbocycles. The molecule has 0 bridgehead atoms. The van der Waals surface area contributed by atoms with Gasteiger partial charge < -0.3 is 4.42 Å². The van der Waals surface area contributed by atoms with Crippen LogP contribution >= 0.6 is 23.2 Å². The number of furan rings is 1. The van der Waals surface area contributed by atoms with Crippen molar-refractivity contribution < 1.29 is 14.0 Å². The van der Waals surface area contributed by atoms with Crippen LogP contribution in [0.5, 0.6) is 0 Å². The van der Waals surface area contributed by atoms with Gasteiger partial charge in [-0.25, -0.2) is 4.90 Å². The summed E-state index contributed by atoms with van der Waals surface area (Å²) in [5, 5.41) is -0.588. The highest BCUT2D eigenvalue weighted by molar-refractivity contribution is 6.68. The molecule has 2 amide bonds. The van der Waals surface area contributed by atoms with Gasteiger partial charge in [0.05, 0.1) is 18.5 Å². The van der Waals surface area contributed by atoms with E-state index in [0.29, 0.717) is 16.5 Å².